The van der Waals surface area contributed by atoms with Gasteiger partial charge in [-0.3, -0.25) is 4.40 Å². The number of nitrogens with zero attached hydrogens (tertiary/aromatic N) is 6. The van der Waals surface area contributed by atoms with E-state index in [-0.39, 0.29) is 33.5 Å². The molecule has 11 heteroatoms. The lowest BCUT2D eigenvalue weighted by Gasteiger charge is -2.16. The average molecular weight is 528 g/mol. The number of fused-ring (bicyclic) bond motifs is 3. The predicted molar refractivity (Wildman–Crippen MR) is 138 cm³/mol. The van der Waals surface area contributed by atoms with Crippen LogP contribution in [0.15, 0.2) is 64.8 Å². The molecule has 0 bridgehead atoms. The Morgan fingerprint density at radius 1 is 1.16 bits per heavy atom. The van der Waals surface area contributed by atoms with Gasteiger partial charge in [-0.15, -0.1) is 10.2 Å². The zero-order valence-electron chi connectivity index (χ0n) is 20.9. The van der Waals surface area contributed by atoms with Crippen molar-refractivity contribution in [3.05, 3.63) is 71.8 Å². The molecule has 10 nitrogen and oxygen atoms in total. The summed E-state index contributed by atoms with van der Waals surface area (Å²) in [4.78, 5) is 12.0. The number of ether oxygens (including phenoxy) is 1. The standard InChI is InChI=1S/C27H25N7O3S/c1-3-18-12-19(37-23-9-8-17(14-28)15-30-23)13-20(18)25-32-33-26-27(31-24-21(34(25)26)10-11-29-24)38(35,36)22-7-5-4-6-16(22)2/h4-11,15,18-20,29H,3,12-13H2,1-2H3/t18-,19-,20+/m1/s1. The molecule has 192 valence electrons. The second-order valence-corrected chi connectivity index (χ2v) is 11.4. The normalized spacial score (nSPS) is 19.7. The van der Waals surface area contributed by atoms with E-state index in [1.165, 1.54) is 6.20 Å². The van der Waals surface area contributed by atoms with Gasteiger partial charge < -0.3 is 9.72 Å². The molecule has 1 aromatic carbocycles. The largest absolute Gasteiger partial charge is 0.474 e. The van der Waals surface area contributed by atoms with Crippen molar-refractivity contribution in [2.45, 2.75) is 55.1 Å². The van der Waals surface area contributed by atoms with E-state index >= 15 is 0 Å². The van der Waals surface area contributed by atoms with Crippen LogP contribution in [0.3, 0.4) is 0 Å². The number of aromatic nitrogens is 6. The minimum atomic E-state index is -3.96. The first-order valence-corrected chi connectivity index (χ1v) is 13.9. The quantitative estimate of drug-likeness (QED) is 0.344. The second kappa shape index (κ2) is 9.22. The number of aromatic amines is 1. The summed E-state index contributed by atoms with van der Waals surface area (Å²) < 4.78 is 35.6. The van der Waals surface area contributed by atoms with E-state index in [1.807, 2.05) is 10.5 Å². The van der Waals surface area contributed by atoms with Crippen molar-refractivity contribution in [1.82, 2.24) is 29.5 Å². The lowest BCUT2D eigenvalue weighted by atomic mass is 9.93. The fourth-order valence-electron chi connectivity index (χ4n) is 5.45. The maximum Gasteiger partial charge on any atom is 0.228 e. The highest BCUT2D eigenvalue weighted by Gasteiger charge is 2.39. The van der Waals surface area contributed by atoms with Gasteiger partial charge in [-0.2, -0.15) is 5.26 Å². The van der Waals surface area contributed by atoms with Crippen LogP contribution in [0, 0.1) is 24.2 Å². The SMILES string of the molecule is CC[C@@H]1C[C@@H](Oc2ccc(C#N)cn2)C[C@@H]1c1nnc2c(S(=O)(=O)c3ccccc3C)nc3[nH]ccc3n12. The third kappa shape index (κ3) is 3.88. The summed E-state index contributed by atoms with van der Waals surface area (Å²) in [5.41, 5.74) is 2.49. The van der Waals surface area contributed by atoms with Crippen molar-refractivity contribution in [3.63, 3.8) is 0 Å². The van der Waals surface area contributed by atoms with Crippen LogP contribution in [-0.4, -0.2) is 44.1 Å². The Bertz CT molecular complexity index is 1800. The summed E-state index contributed by atoms with van der Waals surface area (Å²) in [5, 5.41) is 17.8. The van der Waals surface area contributed by atoms with E-state index in [1.54, 1.807) is 49.5 Å². The van der Waals surface area contributed by atoms with E-state index in [0.717, 1.165) is 18.4 Å². The molecule has 4 heterocycles. The van der Waals surface area contributed by atoms with Crippen LogP contribution in [0.1, 0.15) is 49.1 Å². The maximum atomic E-state index is 13.8. The topological polar surface area (TPSA) is 139 Å². The third-order valence-electron chi connectivity index (χ3n) is 7.34. The molecule has 38 heavy (non-hydrogen) atoms. The monoisotopic (exact) mass is 527 g/mol. The van der Waals surface area contributed by atoms with Gasteiger partial charge in [0.2, 0.25) is 20.7 Å². The van der Waals surface area contributed by atoms with E-state index in [2.05, 4.69) is 38.1 Å². The molecule has 1 aliphatic carbocycles. The number of pyridine rings is 1. The molecule has 0 radical (unpaired) electrons. The number of aryl methyl sites for hydroxylation is 1. The first-order chi connectivity index (χ1) is 18.4. The zero-order valence-corrected chi connectivity index (χ0v) is 21.7. The minimum Gasteiger partial charge on any atom is -0.474 e. The van der Waals surface area contributed by atoms with Gasteiger partial charge in [0.25, 0.3) is 0 Å². The van der Waals surface area contributed by atoms with Crippen LogP contribution in [-0.2, 0) is 9.84 Å². The molecule has 6 rings (SSSR count). The molecule has 3 atom stereocenters. The number of nitrogens with one attached hydrogen (secondary N) is 1. The van der Waals surface area contributed by atoms with Crippen LogP contribution < -0.4 is 4.74 Å². The van der Waals surface area contributed by atoms with Gasteiger partial charge in [-0.25, -0.2) is 18.4 Å². The number of sulfone groups is 1. The van der Waals surface area contributed by atoms with Crippen LogP contribution in [0.2, 0.25) is 0 Å². The molecular formula is C27H25N7O3S. The summed E-state index contributed by atoms with van der Waals surface area (Å²) >= 11 is 0. The predicted octanol–water partition coefficient (Wildman–Crippen LogP) is 4.36. The fraction of sp³-hybridized carbons (Fsp3) is 0.296. The van der Waals surface area contributed by atoms with E-state index < -0.39 is 9.84 Å². The van der Waals surface area contributed by atoms with Gasteiger partial charge in [-0.1, -0.05) is 31.5 Å². The molecule has 4 aromatic heterocycles. The molecule has 0 aliphatic heterocycles. The number of hydrogen-bond donors (Lipinski definition) is 1. The Hall–Kier alpha value is -4.30. The number of hydrogen-bond acceptors (Lipinski definition) is 8. The van der Waals surface area contributed by atoms with E-state index in [0.29, 0.717) is 34.9 Å². The maximum absolute atomic E-state index is 13.8. The van der Waals surface area contributed by atoms with Gasteiger partial charge in [-0.05, 0) is 49.4 Å². The average Bonchev–Trinajstić information content (AvgIpc) is 3.66. The van der Waals surface area contributed by atoms with E-state index in [4.69, 9.17) is 10.00 Å². The van der Waals surface area contributed by atoms with Crippen molar-refractivity contribution < 1.29 is 13.2 Å². The number of H-pyrrole nitrogens is 1. The molecule has 1 saturated carbocycles. The third-order valence-corrected chi connectivity index (χ3v) is 9.16. The molecule has 0 amide bonds. The van der Waals surface area contributed by atoms with Gasteiger partial charge in [0.15, 0.2) is 11.3 Å². The van der Waals surface area contributed by atoms with Crippen molar-refractivity contribution in [3.8, 4) is 11.9 Å². The Labute approximate surface area is 219 Å². The zero-order chi connectivity index (χ0) is 26.4. The Morgan fingerprint density at radius 3 is 2.74 bits per heavy atom. The van der Waals surface area contributed by atoms with Gasteiger partial charge >= 0.3 is 0 Å². The van der Waals surface area contributed by atoms with Crippen molar-refractivity contribution >= 4 is 26.6 Å². The van der Waals surface area contributed by atoms with Crippen molar-refractivity contribution in [1.29, 1.82) is 5.26 Å². The van der Waals surface area contributed by atoms with Crippen LogP contribution >= 0.6 is 0 Å². The highest BCUT2D eigenvalue weighted by molar-refractivity contribution is 7.91. The molecule has 0 saturated heterocycles. The lowest BCUT2D eigenvalue weighted by Crippen LogP contribution is -2.14. The molecule has 0 unspecified atom stereocenters. The van der Waals surface area contributed by atoms with Gasteiger partial charge in [0.1, 0.15) is 18.0 Å². The Kier molecular flexibility index (Phi) is 5.84. The summed E-state index contributed by atoms with van der Waals surface area (Å²) in [5.74, 6) is 1.41. The van der Waals surface area contributed by atoms with Crippen molar-refractivity contribution in [2.24, 2.45) is 5.92 Å². The van der Waals surface area contributed by atoms with Crippen LogP contribution in [0.4, 0.5) is 0 Å². The number of rotatable bonds is 6. The minimum absolute atomic E-state index is 0.00658. The summed E-state index contributed by atoms with van der Waals surface area (Å²) in [6.45, 7) is 3.89. The molecule has 1 fully saturated rings. The summed E-state index contributed by atoms with van der Waals surface area (Å²) in [6.07, 6.45) is 5.51. The highest BCUT2D eigenvalue weighted by atomic mass is 32.2. The smallest absolute Gasteiger partial charge is 0.228 e. The second-order valence-electron chi connectivity index (χ2n) is 9.60. The fourth-order valence-corrected chi connectivity index (χ4v) is 7.00. The Balaban J connectivity index is 1.43. The number of benzene rings is 1. The van der Waals surface area contributed by atoms with Gasteiger partial charge in [0, 0.05) is 24.4 Å². The molecule has 1 N–H and O–H groups in total. The molecule has 1 aliphatic rings. The Morgan fingerprint density at radius 2 is 2.00 bits per heavy atom. The van der Waals surface area contributed by atoms with Gasteiger partial charge in [0.05, 0.1) is 16.0 Å². The van der Waals surface area contributed by atoms with Crippen molar-refractivity contribution in [2.75, 3.05) is 0 Å². The molecule has 0 spiro atoms. The highest BCUT2D eigenvalue weighted by Crippen LogP contribution is 2.43. The summed E-state index contributed by atoms with van der Waals surface area (Å²) in [7, 11) is -3.96. The molecular weight excluding hydrogens is 502 g/mol. The molecule has 5 aromatic rings. The van der Waals surface area contributed by atoms with Crippen LogP contribution in [0.25, 0.3) is 16.8 Å². The first-order valence-electron chi connectivity index (χ1n) is 12.5. The first kappa shape index (κ1) is 24.1. The van der Waals surface area contributed by atoms with E-state index in [9.17, 15) is 8.42 Å². The lowest BCUT2D eigenvalue weighted by molar-refractivity contribution is 0.195. The summed E-state index contributed by atoms with van der Waals surface area (Å²) in [6, 6.07) is 14.2. The van der Waals surface area contributed by atoms with Crippen LogP contribution in [0.5, 0.6) is 5.88 Å². The number of nitriles is 1.